The molecule has 1 heterocycles. The number of imidazole rings is 1. The van der Waals surface area contributed by atoms with Crippen molar-refractivity contribution >= 4 is 11.6 Å². The quantitative estimate of drug-likeness (QED) is 0.720. The maximum atomic E-state index is 12.0. The van der Waals surface area contributed by atoms with Gasteiger partial charge in [0, 0.05) is 31.6 Å². The largest absolute Gasteiger partial charge is 0.396 e. The summed E-state index contributed by atoms with van der Waals surface area (Å²) in [6.45, 7) is 1.25. The van der Waals surface area contributed by atoms with Gasteiger partial charge in [-0.3, -0.25) is 4.79 Å². The smallest absolute Gasteiger partial charge is 0.275 e. The molecule has 20 heavy (non-hydrogen) atoms. The number of anilines is 1. The first-order valence-electron chi connectivity index (χ1n) is 6.46. The van der Waals surface area contributed by atoms with Gasteiger partial charge in [0.2, 0.25) is 0 Å². The summed E-state index contributed by atoms with van der Waals surface area (Å²) >= 11 is 0. The molecule has 6 heteroatoms. The summed E-state index contributed by atoms with van der Waals surface area (Å²) in [4.78, 5) is 16.0. The Balaban J connectivity index is 1.99. The van der Waals surface area contributed by atoms with Crippen molar-refractivity contribution in [2.75, 3.05) is 18.5 Å². The molecule has 4 N–H and O–H groups in total. The Kier molecular flexibility index (Phi) is 4.86. The summed E-state index contributed by atoms with van der Waals surface area (Å²) in [7, 11) is 0. The van der Waals surface area contributed by atoms with Gasteiger partial charge in [-0.25, -0.2) is 4.98 Å². The standard InChI is InChI=1S/C14H18N4O2/c15-6-7-18-9-13(16-10-18)14(20)17-12-3-1-11(2-4-12)5-8-19/h1-4,9-10,19H,5-8,15H2,(H,17,20). The lowest BCUT2D eigenvalue weighted by Crippen LogP contribution is -2.12. The molecule has 0 bridgehead atoms. The van der Waals surface area contributed by atoms with E-state index in [4.69, 9.17) is 10.8 Å². The van der Waals surface area contributed by atoms with Gasteiger partial charge in [-0.1, -0.05) is 12.1 Å². The Morgan fingerprint density at radius 3 is 2.75 bits per heavy atom. The van der Waals surface area contributed by atoms with Crippen LogP contribution in [-0.4, -0.2) is 33.7 Å². The fourth-order valence-electron chi connectivity index (χ4n) is 1.83. The molecule has 0 fully saturated rings. The van der Waals surface area contributed by atoms with Crippen molar-refractivity contribution in [1.82, 2.24) is 9.55 Å². The Labute approximate surface area is 117 Å². The first-order chi connectivity index (χ1) is 9.72. The Hall–Kier alpha value is -2.18. The summed E-state index contributed by atoms with van der Waals surface area (Å²) in [5.74, 6) is -0.254. The molecule has 0 saturated heterocycles. The van der Waals surface area contributed by atoms with Crippen molar-refractivity contribution in [2.24, 2.45) is 5.73 Å². The lowest BCUT2D eigenvalue weighted by molar-refractivity contribution is 0.102. The van der Waals surface area contributed by atoms with E-state index in [1.807, 2.05) is 12.1 Å². The zero-order valence-corrected chi connectivity index (χ0v) is 11.1. The van der Waals surface area contributed by atoms with Crippen molar-refractivity contribution in [1.29, 1.82) is 0 Å². The average Bonchev–Trinajstić information content (AvgIpc) is 2.90. The predicted octanol–water partition coefficient (Wildman–Crippen LogP) is 0.629. The molecule has 0 aliphatic carbocycles. The highest BCUT2D eigenvalue weighted by molar-refractivity contribution is 6.02. The van der Waals surface area contributed by atoms with Gasteiger partial charge in [0.05, 0.1) is 6.33 Å². The van der Waals surface area contributed by atoms with Crippen LogP contribution in [0.25, 0.3) is 0 Å². The lowest BCUT2D eigenvalue weighted by atomic mass is 10.1. The summed E-state index contributed by atoms with van der Waals surface area (Å²) in [5, 5.41) is 11.6. The van der Waals surface area contributed by atoms with Gasteiger partial charge in [-0.2, -0.15) is 0 Å². The number of nitrogens with zero attached hydrogens (tertiary/aromatic N) is 2. The minimum atomic E-state index is -0.254. The van der Waals surface area contributed by atoms with Crippen LogP contribution in [0.3, 0.4) is 0 Å². The van der Waals surface area contributed by atoms with Crippen LogP contribution in [0.1, 0.15) is 16.1 Å². The highest BCUT2D eigenvalue weighted by Gasteiger charge is 2.09. The number of hydrogen-bond donors (Lipinski definition) is 3. The van der Waals surface area contributed by atoms with Crippen LogP contribution >= 0.6 is 0 Å². The molecule has 1 aromatic heterocycles. The molecule has 0 spiro atoms. The zero-order valence-electron chi connectivity index (χ0n) is 11.1. The maximum Gasteiger partial charge on any atom is 0.275 e. The molecule has 0 aliphatic heterocycles. The first kappa shape index (κ1) is 14.2. The van der Waals surface area contributed by atoms with Crippen molar-refractivity contribution in [3.8, 4) is 0 Å². The van der Waals surface area contributed by atoms with Gasteiger partial charge < -0.3 is 20.7 Å². The minimum Gasteiger partial charge on any atom is -0.396 e. The third-order valence-corrected chi connectivity index (χ3v) is 2.87. The van der Waals surface area contributed by atoms with Gasteiger partial charge in [-0.15, -0.1) is 0 Å². The first-order valence-corrected chi connectivity index (χ1v) is 6.46. The monoisotopic (exact) mass is 274 g/mol. The fourth-order valence-corrected chi connectivity index (χ4v) is 1.83. The van der Waals surface area contributed by atoms with Crippen LogP contribution in [0.4, 0.5) is 5.69 Å². The number of aromatic nitrogens is 2. The van der Waals surface area contributed by atoms with E-state index in [2.05, 4.69) is 10.3 Å². The second kappa shape index (κ2) is 6.83. The summed E-state index contributed by atoms with van der Waals surface area (Å²) in [5.41, 5.74) is 7.53. The van der Waals surface area contributed by atoms with Gasteiger partial charge in [0.15, 0.2) is 0 Å². The second-order valence-corrected chi connectivity index (χ2v) is 4.41. The van der Waals surface area contributed by atoms with Crippen LogP contribution in [0.2, 0.25) is 0 Å². The van der Waals surface area contributed by atoms with Gasteiger partial charge in [-0.05, 0) is 24.1 Å². The van der Waals surface area contributed by atoms with Crippen LogP contribution in [0.5, 0.6) is 0 Å². The van der Waals surface area contributed by atoms with Gasteiger partial charge >= 0.3 is 0 Å². The number of nitrogens with one attached hydrogen (secondary N) is 1. The Morgan fingerprint density at radius 2 is 2.10 bits per heavy atom. The van der Waals surface area contributed by atoms with Crippen molar-refractivity contribution < 1.29 is 9.90 Å². The average molecular weight is 274 g/mol. The van der Waals surface area contributed by atoms with Crippen LogP contribution in [0, 0.1) is 0 Å². The molecule has 0 saturated carbocycles. The van der Waals surface area contributed by atoms with E-state index < -0.39 is 0 Å². The van der Waals surface area contributed by atoms with E-state index in [0.29, 0.717) is 30.9 Å². The van der Waals surface area contributed by atoms with E-state index in [-0.39, 0.29) is 12.5 Å². The van der Waals surface area contributed by atoms with E-state index in [1.165, 1.54) is 0 Å². The Bertz CT molecular complexity index is 563. The fraction of sp³-hybridized carbons (Fsp3) is 0.286. The number of hydrogen-bond acceptors (Lipinski definition) is 4. The molecule has 1 aromatic carbocycles. The third kappa shape index (κ3) is 3.66. The molecule has 0 unspecified atom stereocenters. The topological polar surface area (TPSA) is 93.2 Å². The van der Waals surface area contributed by atoms with Crippen LogP contribution < -0.4 is 11.1 Å². The molecule has 0 radical (unpaired) electrons. The molecular weight excluding hydrogens is 256 g/mol. The summed E-state index contributed by atoms with van der Waals surface area (Å²) in [6.07, 6.45) is 3.87. The molecule has 0 atom stereocenters. The zero-order chi connectivity index (χ0) is 14.4. The second-order valence-electron chi connectivity index (χ2n) is 4.41. The van der Waals surface area contributed by atoms with E-state index in [9.17, 15) is 4.79 Å². The number of carbonyl (C=O) groups excluding carboxylic acids is 1. The van der Waals surface area contributed by atoms with Crippen molar-refractivity contribution in [3.63, 3.8) is 0 Å². The van der Waals surface area contributed by atoms with Gasteiger partial charge in [0.25, 0.3) is 5.91 Å². The van der Waals surface area contributed by atoms with Gasteiger partial charge in [0.1, 0.15) is 5.69 Å². The molecule has 2 rings (SSSR count). The number of rotatable bonds is 6. The highest BCUT2D eigenvalue weighted by Crippen LogP contribution is 2.11. The maximum absolute atomic E-state index is 12.0. The number of nitrogens with two attached hydrogens (primary N) is 1. The number of aliphatic hydroxyl groups is 1. The third-order valence-electron chi connectivity index (χ3n) is 2.87. The molecule has 106 valence electrons. The van der Waals surface area contributed by atoms with Crippen molar-refractivity contribution in [3.05, 3.63) is 48.0 Å². The lowest BCUT2D eigenvalue weighted by Gasteiger charge is -2.04. The predicted molar refractivity (Wildman–Crippen MR) is 76.5 cm³/mol. The number of benzene rings is 1. The van der Waals surface area contributed by atoms with E-state index in [0.717, 1.165) is 5.56 Å². The van der Waals surface area contributed by atoms with Crippen molar-refractivity contribution in [2.45, 2.75) is 13.0 Å². The number of carbonyl (C=O) groups is 1. The van der Waals surface area contributed by atoms with Crippen LogP contribution in [-0.2, 0) is 13.0 Å². The highest BCUT2D eigenvalue weighted by atomic mass is 16.2. The molecule has 6 nitrogen and oxygen atoms in total. The Morgan fingerprint density at radius 1 is 1.35 bits per heavy atom. The summed E-state index contributed by atoms with van der Waals surface area (Å²) in [6, 6.07) is 7.36. The minimum absolute atomic E-state index is 0.115. The molecule has 2 aromatic rings. The molecule has 1 amide bonds. The molecular formula is C14H18N4O2. The summed E-state index contributed by atoms with van der Waals surface area (Å²) < 4.78 is 1.78. The van der Waals surface area contributed by atoms with E-state index >= 15 is 0 Å². The van der Waals surface area contributed by atoms with E-state index in [1.54, 1.807) is 29.2 Å². The number of amides is 1. The SMILES string of the molecule is NCCn1cnc(C(=O)Nc2ccc(CCO)cc2)c1. The normalized spacial score (nSPS) is 10.5. The number of aliphatic hydroxyl groups excluding tert-OH is 1. The molecule has 0 aliphatic rings. The van der Waals surface area contributed by atoms with Crippen LogP contribution in [0.15, 0.2) is 36.8 Å².